The zero-order valence-electron chi connectivity index (χ0n) is 7.49. The molecule has 0 spiro atoms. The number of carboxylic acid groups (broad SMARTS) is 1. The van der Waals surface area contributed by atoms with Gasteiger partial charge in [0.1, 0.15) is 10.4 Å². The molecule has 0 radical (unpaired) electrons. The van der Waals surface area contributed by atoms with Crippen LogP contribution in [-0.2, 0) is 11.3 Å². The molecule has 1 atom stereocenters. The molecule has 5 heteroatoms. The van der Waals surface area contributed by atoms with E-state index < -0.39 is 11.9 Å². The number of hydrogen-bond donors (Lipinski definition) is 1. The first-order valence-electron chi connectivity index (χ1n) is 3.92. The Morgan fingerprint density at radius 2 is 2.46 bits per heavy atom. The largest absolute Gasteiger partial charge is 0.481 e. The van der Waals surface area contributed by atoms with E-state index in [1.54, 1.807) is 13.1 Å². The van der Waals surface area contributed by atoms with Crippen molar-refractivity contribution in [3.8, 4) is 0 Å². The lowest BCUT2D eigenvalue weighted by molar-refractivity contribution is -0.141. The second kappa shape index (κ2) is 3.91. The van der Waals surface area contributed by atoms with Crippen molar-refractivity contribution in [2.24, 2.45) is 5.92 Å². The fourth-order valence-electron chi connectivity index (χ4n) is 1.01. The van der Waals surface area contributed by atoms with Crippen LogP contribution in [0.2, 0.25) is 0 Å². The smallest absolute Gasteiger partial charge is 0.308 e. The molecule has 0 bridgehead atoms. The third-order valence-corrected chi connectivity index (χ3v) is 2.52. The average Bonchev–Trinajstić information content (AvgIpc) is 2.35. The summed E-state index contributed by atoms with van der Waals surface area (Å²) in [5, 5.41) is 8.71. The van der Waals surface area contributed by atoms with E-state index in [4.69, 9.17) is 5.11 Å². The number of carbonyl (C=O) groups is 1. The first kappa shape index (κ1) is 10.2. The van der Waals surface area contributed by atoms with E-state index in [9.17, 15) is 4.79 Å². The monoisotopic (exact) mass is 246 g/mol. The maximum absolute atomic E-state index is 10.6. The third kappa shape index (κ3) is 2.30. The lowest BCUT2D eigenvalue weighted by Gasteiger charge is -2.09. The number of halogens is 1. The molecule has 72 valence electrons. The van der Waals surface area contributed by atoms with Crippen molar-refractivity contribution in [2.45, 2.75) is 20.4 Å². The number of imidazole rings is 1. The zero-order chi connectivity index (χ0) is 10.0. The number of carboxylic acids is 1. The summed E-state index contributed by atoms with van der Waals surface area (Å²) in [4.78, 5) is 14.7. The fourth-order valence-corrected chi connectivity index (χ4v) is 1.52. The molecular weight excluding hydrogens is 236 g/mol. The van der Waals surface area contributed by atoms with Crippen LogP contribution in [0, 0.1) is 12.8 Å². The minimum Gasteiger partial charge on any atom is -0.481 e. The van der Waals surface area contributed by atoms with Gasteiger partial charge in [0, 0.05) is 6.54 Å². The van der Waals surface area contributed by atoms with Crippen LogP contribution in [-0.4, -0.2) is 20.6 Å². The number of aliphatic carboxylic acids is 1. The van der Waals surface area contributed by atoms with Gasteiger partial charge in [-0.2, -0.15) is 0 Å². The number of nitrogens with zero attached hydrogens (tertiary/aromatic N) is 2. The standard InChI is InChI=1S/C8H11BrN2O2/c1-5(8(12)13)4-11-6(2)10-3-7(11)9/h3,5H,4H2,1-2H3,(H,12,13). The highest BCUT2D eigenvalue weighted by Crippen LogP contribution is 2.14. The minimum atomic E-state index is -0.792. The lowest BCUT2D eigenvalue weighted by atomic mass is 10.2. The van der Waals surface area contributed by atoms with E-state index in [-0.39, 0.29) is 0 Å². The second-order valence-electron chi connectivity index (χ2n) is 2.98. The van der Waals surface area contributed by atoms with Crippen LogP contribution in [0.1, 0.15) is 12.7 Å². The molecule has 1 aromatic rings. The summed E-state index contributed by atoms with van der Waals surface area (Å²) < 4.78 is 2.65. The SMILES string of the molecule is Cc1ncc(Br)n1CC(C)C(=O)O. The number of aryl methyl sites for hydroxylation is 1. The van der Waals surface area contributed by atoms with E-state index in [0.717, 1.165) is 10.4 Å². The number of hydrogen-bond acceptors (Lipinski definition) is 2. The highest BCUT2D eigenvalue weighted by atomic mass is 79.9. The van der Waals surface area contributed by atoms with Gasteiger partial charge >= 0.3 is 5.97 Å². The van der Waals surface area contributed by atoms with Crippen LogP contribution in [0.4, 0.5) is 0 Å². The first-order valence-corrected chi connectivity index (χ1v) is 4.72. The summed E-state index contributed by atoms with van der Waals surface area (Å²) in [5.41, 5.74) is 0. The van der Waals surface area contributed by atoms with Crippen LogP contribution in [0.25, 0.3) is 0 Å². The Kier molecular flexibility index (Phi) is 3.08. The molecule has 0 saturated heterocycles. The first-order chi connectivity index (χ1) is 6.02. The predicted octanol–water partition coefficient (Wildman–Crippen LogP) is 1.67. The van der Waals surface area contributed by atoms with Crippen molar-refractivity contribution in [1.29, 1.82) is 0 Å². The molecule has 13 heavy (non-hydrogen) atoms. The maximum atomic E-state index is 10.6. The van der Waals surface area contributed by atoms with Gasteiger partial charge in [-0.15, -0.1) is 0 Å². The topological polar surface area (TPSA) is 55.1 Å². The zero-order valence-corrected chi connectivity index (χ0v) is 9.08. The minimum absolute atomic E-state index is 0.399. The molecule has 0 saturated carbocycles. The molecule has 1 N–H and O–H groups in total. The van der Waals surface area contributed by atoms with Crippen LogP contribution in [0.5, 0.6) is 0 Å². The van der Waals surface area contributed by atoms with Gasteiger partial charge in [0.25, 0.3) is 0 Å². The summed E-state index contributed by atoms with van der Waals surface area (Å²) >= 11 is 3.30. The van der Waals surface area contributed by atoms with Gasteiger partial charge in [0.15, 0.2) is 0 Å². The maximum Gasteiger partial charge on any atom is 0.308 e. The van der Waals surface area contributed by atoms with Gasteiger partial charge in [-0.05, 0) is 22.9 Å². The molecule has 0 fully saturated rings. The van der Waals surface area contributed by atoms with E-state index in [2.05, 4.69) is 20.9 Å². The van der Waals surface area contributed by atoms with E-state index in [1.165, 1.54) is 0 Å². The summed E-state index contributed by atoms with van der Waals surface area (Å²) in [6.45, 7) is 3.97. The van der Waals surface area contributed by atoms with Crippen molar-refractivity contribution in [2.75, 3.05) is 0 Å². The highest BCUT2D eigenvalue weighted by molar-refractivity contribution is 9.10. The Morgan fingerprint density at radius 1 is 1.85 bits per heavy atom. The van der Waals surface area contributed by atoms with Gasteiger partial charge in [-0.25, -0.2) is 4.98 Å². The van der Waals surface area contributed by atoms with E-state index in [1.807, 2.05) is 11.5 Å². The Hall–Kier alpha value is -0.840. The second-order valence-corrected chi connectivity index (χ2v) is 3.79. The lowest BCUT2D eigenvalue weighted by Crippen LogP contribution is -2.17. The Labute approximate surface area is 84.7 Å². The van der Waals surface area contributed by atoms with Gasteiger partial charge in [-0.3, -0.25) is 4.79 Å². The Balaban J connectivity index is 2.79. The van der Waals surface area contributed by atoms with Crippen LogP contribution in [0.15, 0.2) is 10.8 Å². The van der Waals surface area contributed by atoms with Crippen molar-refractivity contribution in [3.05, 3.63) is 16.6 Å². The molecule has 0 aromatic carbocycles. The summed E-state index contributed by atoms with van der Waals surface area (Å²) in [6.07, 6.45) is 1.67. The molecule has 1 unspecified atom stereocenters. The number of aromatic nitrogens is 2. The number of rotatable bonds is 3. The highest BCUT2D eigenvalue weighted by Gasteiger charge is 2.14. The fraction of sp³-hybridized carbons (Fsp3) is 0.500. The van der Waals surface area contributed by atoms with Gasteiger partial charge in [-0.1, -0.05) is 6.92 Å². The average molecular weight is 247 g/mol. The van der Waals surface area contributed by atoms with Gasteiger partial charge in [0.05, 0.1) is 12.1 Å². The normalized spacial score (nSPS) is 12.8. The van der Waals surface area contributed by atoms with E-state index in [0.29, 0.717) is 6.54 Å². The van der Waals surface area contributed by atoms with Gasteiger partial charge < -0.3 is 9.67 Å². The van der Waals surface area contributed by atoms with Crippen molar-refractivity contribution in [3.63, 3.8) is 0 Å². The van der Waals surface area contributed by atoms with Crippen LogP contribution >= 0.6 is 15.9 Å². The molecule has 4 nitrogen and oxygen atoms in total. The predicted molar refractivity (Wildman–Crippen MR) is 51.5 cm³/mol. The van der Waals surface area contributed by atoms with Crippen LogP contribution in [0.3, 0.4) is 0 Å². The quantitative estimate of drug-likeness (QED) is 0.883. The molecule has 1 rings (SSSR count). The molecular formula is C8H11BrN2O2. The van der Waals surface area contributed by atoms with Crippen molar-refractivity contribution >= 4 is 21.9 Å². The molecule has 0 aliphatic rings. The van der Waals surface area contributed by atoms with E-state index >= 15 is 0 Å². The van der Waals surface area contributed by atoms with Crippen molar-refractivity contribution in [1.82, 2.24) is 9.55 Å². The van der Waals surface area contributed by atoms with Gasteiger partial charge in [0.2, 0.25) is 0 Å². The van der Waals surface area contributed by atoms with Crippen LogP contribution < -0.4 is 0 Å². The molecule has 1 heterocycles. The van der Waals surface area contributed by atoms with Crippen molar-refractivity contribution < 1.29 is 9.90 Å². The molecule has 1 aromatic heterocycles. The molecule has 0 aliphatic carbocycles. The molecule has 0 amide bonds. The Bertz CT molecular complexity index is 302. The third-order valence-electron chi connectivity index (χ3n) is 1.88. The Morgan fingerprint density at radius 3 is 2.85 bits per heavy atom. The molecule has 0 aliphatic heterocycles. The summed E-state index contributed by atoms with van der Waals surface area (Å²) in [7, 11) is 0. The summed E-state index contributed by atoms with van der Waals surface area (Å²) in [6, 6.07) is 0. The summed E-state index contributed by atoms with van der Waals surface area (Å²) in [5.74, 6) is -0.371.